The topological polar surface area (TPSA) is 174 Å². The molecule has 1 spiro atoms. The Morgan fingerprint density at radius 2 is 2.10 bits per heavy atom. The highest BCUT2D eigenvalue weighted by Gasteiger charge is 2.75. The molecule has 0 aromatic heterocycles. The number of benzene rings is 1. The number of halogens is 2. The van der Waals surface area contributed by atoms with E-state index in [1.165, 1.54) is 4.90 Å². The van der Waals surface area contributed by atoms with Gasteiger partial charge in [-0.1, -0.05) is 11.6 Å². The Morgan fingerprint density at radius 1 is 1.38 bits per heavy atom. The molecule has 4 rings (SSSR count). The molecule has 3 fully saturated rings. The molecule has 1 aromatic carbocycles. The van der Waals surface area contributed by atoms with E-state index in [1.54, 1.807) is 0 Å². The molecule has 0 saturated carbocycles. The van der Waals surface area contributed by atoms with Crippen molar-refractivity contribution in [2.24, 2.45) is 0 Å². The van der Waals surface area contributed by atoms with Crippen molar-refractivity contribution in [2.45, 2.75) is 29.6 Å². The number of rotatable bonds is 3. The summed E-state index contributed by atoms with van der Waals surface area (Å²) >= 11 is 5.87. The number of carbonyl (C=O) groups is 1. The third kappa shape index (κ3) is 2.64. The van der Waals surface area contributed by atoms with Gasteiger partial charge < -0.3 is 40.9 Å². The normalized spacial score (nSPS) is 32.0. The zero-order valence-corrected chi connectivity index (χ0v) is 15.5. The molecule has 0 aliphatic carbocycles. The van der Waals surface area contributed by atoms with Crippen LogP contribution in [0.25, 0.3) is 0 Å². The second-order valence-electron chi connectivity index (χ2n) is 7.03. The first-order chi connectivity index (χ1) is 13.6. The molecule has 0 unspecified atom stereocenters. The maximum absolute atomic E-state index is 13.2. The van der Waals surface area contributed by atoms with E-state index in [9.17, 15) is 24.5 Å². The van der Waals surface area contributed by atoms with Crippen LogP contribution in [-0.4, -0.2) is 80.9 Å². The van der Waals surface area contributed by atoms with Gasteiger partial charge in [0.1, 0.15) is 5.82 Å². The minimum absolute atomic E-state index is 0.172. The summed E-state index contributed by atoms with van der Waals surface area (Å²) in [6.07, 6.45) is -1.56. The maximum Gasteiger partial charge on any atom is 0.340 e. The summed E-state index contributed by atoms with van der Waals surface area (Å²) in [5, 5.41) is 55.5. The van der Waals surface area contributed by atoms with Crippen molar-refractivity contribution in [1.82, 2.24) is 20.9 Å². The fourth-order valence-corrected chi connectivity index (χ4v) is 4.36. The van der Waals surface area contributed by atoms with Gasteiger partial charge >= 0.3 is 5.97 Å². The van der Waals surface area contributed by atoms with Crippen molar-refractivity contribution in [3.63, 3.8) is 0 Å². The molecule has 0 bridgehead atoms. The lowest BCUT2D eigenvalue weighted by atomic mass is 9.85. The number of nitrogens with zero attached hydrogens (tertiary/aromatic N) is 1. The van der Waals surface area contributed by atoms with Crippen LogP contribution in [0.4, 0.5) is 4.39 Å². The summed E-state index contributed by atoms with van der Waals surface area (Å²) in [7, 11) is 0. The number of hydrogen-bond donors (Lipinski definition) is 8. The van der Waals surface area contributed by atoms with Crippen LogP contribution in [0.3, 0.4) is 0 Å². The smallest absolute Gasteiger partial charge is 0.340 e. The minimum atomic E-state index is -2.77. The molecule has 13 heteroatoms. The predicted octanol–water partition coefficient (Wildman–Crippen LogP) is -1.91. The van der Waals surface area contributed by atoms with Crippen LogP contribution in [-0.2, 0) is 4.74 Å². The highest BCUT2D eigenvalue weighted by atomic mass is 35.5. The number of esters is 1. The lowest BCUT2D eigenvalue weighted by molar-refractivity contribution is -0.258. The quantitative estimate of drug-likeness (QED) is 0.202. The first kappa shape index (κ1) is 19.6. The number of aliphatic hydroxyl groups excluding tert-OH is 1. The highest BCUT2D eigenvalue weighted by Crippen LogP contribution is 2.44. The van der Waals surface area contributed by atoms with E-state index in [0.717, 1.165) is 18.2 Å². The number of guanidine groups is 2. The molecule has 4 atom stereocenters. The van der Waals surface area contributed by atoms with Gasteiger partial charge in [0.15, 0.2) is 23.7 Å². The van der Waals surface area contributed by atoms with E-state index >= 15 is 0 Å². The van der Waals surface area contributed by atoms with Crippen molar-refractivity contribution in [3.05, 3.63) is 34.6 Å². The first-order valence-corrected chi connectivity index (χ1v) is 8.97. The molecule has 3 aliphatic heterocycles. The molecule has 156 valence electrons. The van der Waals surface area contributed by atoms with Crippen molar-refractivity contribution >= 4 is 29.5 Å². The van der Waals surface area contributed by atoms with Gasteiger partial charge in [-0.05, 0) is 18.2 Å². The second kappa shape index (κ2) is 6.42. The summed E-state index contributed by atoms with van der Waals surface area (Å²) < 4.78 is 18.5. The average molecular weight is 429 g/mol. The Kier molecular flexibility index (Phi) is 4.35. The van der Waals surface area contributed by atoms with Gasteiger partial charge in [0.25, 0.3) is 0 Å². The molecule has 1 aromatic rings. The summed E-state index contributed by atoms with van der Waals surface area (Å²) in [6, 6.07) is 1.27. The van der Waals surface area contributed by atoms with Gasteiger partial charge in [-0.15, -0.1) is 0 Å². The van der Waals surface area contributed by atoms with Gasteiger partial charge in [-0.3, -0.25) is 10.8 Å². The molecule has 29 heavy (non-hydrogen) atoms. The van der Waals surface area contributed by atoms with Gasteiger partial charge in [-0.25, -0.2) is 9.18 Å². The first-order valence-electron chi connectivity index (χ1n) is 8.59. The van der Waals surface area contributed by atoms with E-state index in [2.05, 4.69) is 16.0 Å². The van der Waals surface area contributed by atoms with Crippen molar-refractivity contribution < 1.29 is 29.2 Å². The van der Waals surface area contributed by atoms with E-state index in [4.69, 9.17) is 27.2 Å². The standard InChI is InChI=1S/C16H18ClFN6O5/c17-8-3-6(18)1-2-7(8)12(26)29-10-4-24-14(20)21-9(5-25)11-15(24,16(10,27)28)23-13(19)22-11/h1-3,9-11,25,27-28H,4-5H2,(H2,20,21)(H3,19,22,23)/t9-,10-,11-,15-/m0/s1. The molecular weight excluding hydrogens is 411 g/mol. The fourth-order valence-electron chi connectivity index (χ4n) is 4.12. The van der Waals surface area contributed by atoms with Gasteiger partial charge in [0.2, 0.25) is 5.79 Å². The highest BCUT2D eigenvalue weighted by molar-refractivity contribution is 6.33. The molecule has 11 nitrogen and oxygen atoms in total. The third-order valence-electron chi connectivity index (χ3n) is 5.44. The fraction of sp³-hybridized carbons (Fsp3) is 0.438. The Labute approximate surface area is 168 Å². The Morgan fingerprint density at radius 3 is 2.76 bits per heavy atom. The van der Waals surface area contributed by atoms with Crippen LogP contribution in [0.1, 0.15) is 10.4 Å². The number of nitrogens with one attached hydrogen (secondary N) is 5. The lowest BCUT2D eigenvalue weighted by Gasteiger charge is -2.50. The van der Waals surface area contributed by atoms with E-state index in [1.807, 2.05) is 0 Å². The van der Waals surface area contributed by atoms with Gasteiger partial charge in [0, 0.05) is 0 Å². The summed E-state index contributed by atoms with van der Waals surface area (Å²) in [6.45, 7) is -0.768. The number of ether oxygens (including phenoxy) is 1. The zero-order valence-electron chi connectivity index (χ0n) is 14.7. The van der Waals surface area contributed by atoms with Crippen LogP contribution in [0.5, 0.6) is 0 Å². The van der Waals surface area contributed by atoms with E-state index < -0.39 is 48.0 Å². The van der Waals surface area contributed by atoms with E-state index in [0.29, 0.717) is 0 Å². The number of aliphatic hydroxyl groups is 3. The second-order valence-corrected chi connectivity index (χ2v) is 7.43. The minimum Gasteiger partial charge on any atom is -0.451 e. The van der Waals surface area contributed by atoms with Crippen LogP contribution in [0.2, 0.25) is 5.02 Å². The van der Waals surface area contributed by atoms with Gasteiger partial charge in [0.05, 0.1) is 35.8 Å². The van der Waals surface area contributed by atoms with Crippen LogP contribution in [0, 0.1) is 16.6 Å². The summed E-state index contributed by atoms with van der Waals surface area (Å²) in [4.78, 5) is 13.7. The molecular formula is C16H18ClFN6O5. The molecule has 0 radical (unpaired) electrons. The molecule has 3 aliphatic rings. The van der Waals surface area contributed by atoms with E-state index in [-0.39, 0.29) is 29.0 Å². The number of carbonyl (C=O) groups excluding carboxylic acids is 1. The van der Waals surface area contributed by atoms with Gasteiger partial charge in [-0.2, -0.15) is 0 Å². The van der Waals surface area contributed by atoms with Crippen LogP contribution in [0.15, 0.2) is 18.2 Å². The molecule has 3 saturated heterocycles. The molecule has 8 N–H and O–H groups in total. The van der Waals surface area contributed by atoms with Crippen molar-refractivity contribution in [1.29, 1.82) is 10.8 Å². The average Bonchev–Trinajstić information content (AvgIpc) is 3.10. The molecule has 3 heterocycles. The monoisotopic (exact) mass is 428 g/mol. The van der Waals surface area contributed by atoms with Crippen LogP contribution < -0.4 is 16.0 Å². The lowest BCUT2D eigenvalue weighted by Crippen LogP contribution is -2.80. The maximum atomic E-state index is 13.2. The zero-order chi connectivity index (χ0) is 21.1. The van der Waals surface area contributed by atoms with Crippen molar-refractivity contribution in [3.8, 4) is 0 Å². The Hall–Kier alpha value is -2.67. The largest absolute Gasteiger partial charge is 0.451 e. The summed E-state index contributed by atoms with van der Waals surface area (Å²) in [5.74, 6) is -4.94. The van der Waals surface area contributed by atoms with Crippen LogP contribution >= 0.6 is 11.6 Å². The SMILES string of the molecule is N=C1N[C@H]2[C@H](CO)NC(=N)N3C[C@H](OC(=O)c4ccc(F)cc4Cl)C(O)(O)[C@]23N1. The third-order valence-corrected chi connectivity index (χ3v) is 5.75. The van der Waals surface area contributed by atoms with Crippen molar-refractivity contribution in [2.75, 3.05) is 13.2 Å². The predicted molar refractivity (Wildman–Crippen MR) is 96.7 cm³/mol. The molecule has 0 amide bonds. The Bertz CT molecular complexity index is 916. The number of hydrogen-bond acceptors (Lipinski definition) is 7. The summed E-state index contributed by atoms with van der Waals surface area (Å²) in [5.41, 5.74) is -2.02. The Balaban J connectivity index is 1.68.